The van der Waals surface area contributed by atoms with E-state index in [1.165, 1.54) is 25.9 Å². The van der Waals surface area contributed by atoms with Crippen LogP contribution in [0.1, 0.15) is 32.6 Å². The quantitative estimate of drug-likeness (QED) is 0.808. The van der Waals surface area contributed by atoms with Crippen LogP contribution in [0.2, 0.25) is 0 Å². The summed E-state index contributed by atoms with van der Waals surface area (Å²) in [6.45, 7) is 7.64. The fraction of sp³-hybridized carbons (Fsp3) is 0.933. The van der Waals surface area contributed by atoms with Gasteiger partial charge in [-0.25, -0.2) is 0 Å². The molecular weight excluding hydrogens is 252 g/mol. The van der Waals surface area contributed by atoms with Crippen LogP contribution in [0.3, 0.4) is 0 Å². The molecule has 2 rings (SSSR count). The molecule has 0 aromatic rings. The fourth-order valence-electron chi connectivity index (χ4n) is 3.60. The lowest BCUT2D eigenvalue weighted by Gasteiger charge is -2.46. The summed E-state index contributed by atoms with van der Waals surface area (Å²) in [5.74, 6) is 0.117. The van der Waals surface area contributed by atoms with Gasteiger partial charge in [-0.05, 0) is 39.4 Å². The van der Waals surface area contributed by atoms with Gasteiger partial charge in [0.2, 0.25) is 5.91 Å². The molecule has 2 heterocycles. The lowest BCUT2D eigenvalue weighted by Crippen LogP contribution is -2.59. The van der Waals surface area contributed by atoms with Crippen LogP contribution in [0, 0.1) is 0 Å². The summed E-state index contributed by atoms with van der Waals surface area (Å²) in [5, 5.41) is 0. The van der Waals surface area contributed by atoms with Crippen LogP contribution >= 0.6 is 0 Å². The van der Waals surface area contributed by atoms with Gasteiger partial charge in [-0.15, -0.1) is 0 Å². The summed E-state index contributed by atoms with van der Waals surface area (Å²) in [5.41, 5.74) is 5.54. The van der Waals surface area contributed by atoms with Crippen molar-refractivity contribution < 1.29 is 4.79 Å². The Labute approximate surface area is 123 Å². The van der Waals surface area contributed by atoms with Crippen molar-refractivity contribution in [2.75, 3.05) is 46.3 Å². The highest BCUT2D eigenvalue weighted by molar-refractivity contribution is 5.78. The summed E-state index contributed by atoms with van der Waals surface area (Å²) >= 11 is 0. The van der Waals surface area contributed by atoms with Gasteiger partial charge < -0.3 is 15.5 Å². The minimum absolute atomic E-state index is 0.117. The smallest absolute Gasteiger partial charge is 0.236 e. The Morgan fingerprint density at radius 3 is 2.50 bits per heavy atom. The Balaban J connectivity index is 1.93. The van der Waals surface area contributed by atoms with Gasteiger partial charge in [-0.1, -0.05) is 13.3 Å². The molecule has 1 amide bonds. The van der Waals surface area contributed by atoms with Gasteiger partial charge in [0.1, 0.15) is 0 Å². The van der Waals surface area contributed by atoms with Crippen LogP contribution in [0.15, 0.2) is 0 Å². The molecule has 0 radical (unpaired) electrons. The van der Waals surface area contributed by atoms with E-state index in [0.717, 1.165) is 32.5 Å². The van der Waals surface area contributed by atoms with Crippen molar-refractivity contribution in [2.45, 2.75) is 44.7 Å². The van der Waals surface area contributed by atoms with Gasteiger partial charge in [0.05, 0.1) is 6.54 Å². The van der Waals surface area contributed by atoms with E-state index in [2.05, 4.69) is 23.8 Å². The van der Waals surface area contributed by atoms with Crippen molar-refractivity contribution in [2.24, 2.45) is 5.73 Å². The van der Waals surface area contributed by atoms with Crippen LogP contribution in [0.4, 0.5) is 0 Å². The molecule has 0 spiro atoms. The van der Waals surface area contributed by atoms with E-state index in [1.54, 1.807) is 0 Å². The predicted molar refractivity (Wildman–Crippen MR) is 81.6 cm³/mol. The molecule has 2 aliphatic heterocycles. The molecule has 5 nitrogen and oxygen atoms in total. The molecule has 2 saturated heterocycles. The second-order valence-electron chi connectivity index (χ2n) is 6.26. The molecule has 0 aliphatic carbocycles. The molecule has 20 heavy (non-hydrogen) atoms. The number of carbonyl (C=O) groups is 1. The number of likely N-dealkylation sites (tertiary alicyclic amines) is 1. The Morgan fingerprint density at radius 2 is 1.90 bits per heavy atom. The Bertz CT molecular complexity index is 315. The highest BCUT2D eigenvalue weighted by Crippen LogP contribution is 2.21. The third kappa shape index (κ3) is 3.71. The SMILES string of the molecule is CCCC1CN(C2CCN(C)CC2)CCN1C(=O)CN. The van der Waals surface area contributed by atoms with Gasteiger partial charge in [-0.3, -0.25) is 9.69 Å². The average Bonchev–Trinajstić information content (AvgIpc) is 2.47. The van der Waals surface area contributed by atoms with E-state index >= 15 is 0 Å². The predicted octanol–water partition coefficient (Wildman–Crippen LogP) is 0.352. The number of nitrogens with two attached hydrogens (primary N) is 1. The summed E-state index contributed by atoms with van der Waals surface area (Å²) < 4.78 is 0. The maximum Gasteiger partial charge on any atom is 0.236 e. The zero-order chi connectivity index (χ0) is 14.5. The number of amides is 1. The molecule has 1 unspecified atom stereocenters. The molecule has 2 N–H and O–H groups in total. The topological polar surface area (TPSA) is 52.8 Å². The van der Waals surface area contributed by atoms with E-state index in [4.69, 9.17) is 5.73 Å². The van der Waals surface area contributed by atoms with Crippen LogP contribution in [-0.4, -0.2) is 79.0 Å². The minimum Gasteiger partial charge on any atom is -0.336 e. The molecule has 2 fully saturated rings. The number of hydrogen-bond donors (Lipinski definition) is 1. The average molecular weight is 282 g/mol. The molecule has 0 aromatic heterocycles. The summed E-state index contributed by atoms with van der Waals surface area (Å²) in [7, 11) is 2.20. The van der Waals surface area contributed by atoms with Crippen molar-refractivity contribution in [3.8, 4) is 0 Å². The summed E-state index contributed by atoms with van der Waals surface area (Å²) in [6.07, 6.45) is 4.75. The second-order valence-corrected chi connectivity index (χ2v) is 6.26. The van der Waals surface area contributed by atoms with Crippen molar-refractivity contribution in [1.82, 2.24) is 14.7 Å². The van der Waals surface area contributed by atoms with E-state index in [1.807, 2.05) is 4.90 Å². The molecular formula is C15H30N4O. The van der Waals surface area contributed by atoms with E-state index in [9.17, 15) is 4.79 Å². The second kappa shape index (κ2) is 7.38. The summed E-state index contributed by atoms with van der Waals surface area (Å²) in [4.78, 5) is 19.0. The fourth-order valence-corrected chi connectivity index (χ4v) is 3.60. The number of piperidine rings is 1. The van der Waals surface area contributed by atoms with Gasteiger partial charge in [0.25, 0.3) is 0 Å². The lowest BCUT2D eigenvalue weighted by molar-refractivity contribution is -0.135. The normalized spacial score (nSPS) is 26.9. The molecule has 5 heteroatoms. The van der Waals surface area contributed by atoms with Crippen molar-refractivity contribution in [3.05, 3.63) is 0 Å². The first-order valence-corrected chi connectivity index (χ1v) is 8.07. The third-order valence-corrected chi connectivity index (χ3v) is 4.84. The van der Waals surface area contributed by atoms with Crippen LogP contribution in [-0.2, 0) is 4.79 Å². The number of nitrogens with zero attached hydrogens (tertiary/aromatic N) is 3. The van der Waals surface area contributed by atoms with Crippen molar-refractivity contribution >= 4 is 5.91 Å². The number of hydrogen-bond acceptors (Lipinski definition) is 4. The number of rotatable bonds is 4. The Morgan fingerprint density at radius 1 is 1.20 bits per heavy atom. The maximum atomic E-state index is 12.0. The molecule has 0 saturated carbocycles. The van der Waals surface area contributed by atoms with E-state index in [0.29, 0.717) is 12.1 Å². The van der Waals surface area contributed by atoms with E-state index < -0.39 is 0 Å². The first kappa shape index (κ1) is 15.7. The minimum atomic E-state index is 0.117. The van der Waals surface area contributed by atoms with Gasteiger partial charge in [0.15, 0.2) is 0 Å². The Kier molecular flexibility index (Phi) is 5.81. The standard InChI is InChI=1S/C15H30N4O/c1-3-4-14-12-18(9-10-19(14)15(20)11-16)13-5-7-17(2)8-6-13/h13-14H,3-12,16H2,1-2H3. The maximum absolute atomic E-state index is 12.0. The van der Waals surface area contributed by atoms with E-state index in [-0.39, 0.29) is 12.5 Å². The van der Waals surface area contributed by atoms with Crippen LogP contribution < -0.4 is 5.73 Å². The largest absolute Gasteiger partial charge is 0.336 e. The highest BCUT2D eigenvalue weighted by Gasteiger charge is 2.33. The first-order valence-electron chi connectivity index (χ1n) is 8.07. The van der Waals surface area contributed by atoms with Gasteiger partial charge in [-0.2, -0.15) is 0 Å². The monoisotopic (exact) mass is 282 g/mol. The van der Waals surface area contributed by atoms with Crippen LogP contribution in [0.25, 0.3) is 0 Å². The molecule has 1 atom stereocenters. The molecule has 2 aliphatic rings. The Hall–Kier alpha value is -0.650. The van der Waals surface area contributed by atoms with Crippen LogP contribution in [0.5, 0.6) is 0 Å². The third-order valence-electron chi connectivity index (χ3n) is 4.84. The highest BCUT2D eigenvalue weighted by atomic mass is 16.2. The van der Waals surface area contributed by atoms with Gasteiger partial charge in [0, 0.05) is 31.7 Å². The lowest BCUT2D eigenvalue weighted by atomic mass is 9.99. The number of carbonyl (C=O) groups excluding carboxylic acids is 1. The molecule has 116 valence electrons. The number of piperazine rings is 1. The van der Waals surface area contributed by atoms with Gasteiger partial charge >= 0.3 is 0 Å². The van der Waals surface area contributed by atoms with Crippen molar-refractivity contribution in [1.29, 1.82) is 0 Å². The zero-order valence-corrected chi connectivity index (χ0v) is 13.1. The van der Waals surface area contributed by atoms with Crippen molar-refractivity contribution in [3.63, 3.8) is 0 Å². The zero-order valence-electron chi connectivity index (χ0n) is 13.1. The summed E-state index contributed by atoms with van der Waals surface area (Å²) in [6, 6.07) is 1.07. The first-order chi connectivity index (χ1) is 9.65. The molecule has 0 bridgehead atoms. The molecule has 0 aromatic carbocycles.